The van der Waals surface area contributed by atoms with E-state index in [9.17, 15) is 29.1 Å². The number of nitrogens with one attached hydrogen (secondary N) is 3. The van der Waals surface area contributed by atoms with Crippen molar-refractivity contribution in [2.45, 2.75) is 111 Å². The number of pyridine rings is 1. The smallest absolute Gasteiger partial charge is 0.324 e. The van der Waals surface area contributed by atoms with Crippen molar-refractivity contribution in [3.63, 3.8) is 0 Å². The topological polar surface area (TPSA) is 178 Å². The van der Waals surface area contributed by atoms with E-state index >= 15 is 0 Å². The number of esters is 1. The molecule has 64 heavy (non-hydrogen) atoms. The molecule has 4 atom stereocenters. The van der Waals surface area contributed by atoms with Crippen molar-refractivity contribution in [2.75, 3.05) is 40.8 Å². The molecule has 4 heterocycles. The number of amides is 4. The first-order valence-electron chi connectivity index (χ1n) is 22.5. The summed E-state index contributed by atoms with van der Waals surface area (Å²) in [6.45, 7) is 14.9. The van der Waals surface area contributed by atoms with E-state index in [1.54, 1.807) is 43.5 Å². The molecule has 1 saturated heterocycles. The van der Waals surface area contributed by atoms with Crippen LogP contribution in [0.2, 0.25) is 0 Å². The lowest BCUT2D eigenvalue weighted by Gasteiger charge is -2.36. The molecule has 2 aromatic heterocycles. The second-order valence-corrected chi connectivity index (χ2v) is 18.6. The van der Waals surface area contributed by atoms with Gasteiger partial charge >= 0.3 is 5.97 Å². The summed E-state index contributed by atoms with van der Waals surface area (Å²) < 4.78 is 8.31. The molecule has 4 N–H and O–H groups in total. The predicted octanol–water partition coefficient (Wildman–Crippen LogP) is 5.32. The molecule has 0 radical (unpaired) electrons. The monoisotopic (exact) mass is 879 g/mol. The normalized spacial score (nSPS) is 18.8. The van der Waals surface area contributed by atoms with E-state index in [-0.39, 0.29) is 55.6 Å². The Morgan fingerprint density at radius 2 is 1.75 bits per heavy atom. The molecule has 4 amide bonds. The minimum atomic E-state index is -1.13. The maximum absolute atomic E-state index is 14.5. The third kappa shape index (κ3) is 10.3. The summed E-state index contributed by atoms with van der Waals surface area (Å²) in [5.74, 6) is -2.15. The molecule has 2 aliphatic rings. The van der Waals surface area contributed by atoms with Gasteiger partial charge in [0.05, 0.1) is 24.4 Å². The van der Waals surface area contributed by atoms with Crippen molar-refractivity contribution in [2.24, 2.45) is 11.3 Å². The maximum atomic E-state index is 14.5. The van der Waals surface area contributed by atoms with Gasteiger partial charge in [-0.25, -0.2) is 5.43 Å². The van der Waals surface area contributed by atoms with Crippen LogP contribution in [-0.4, -0.2) is 124 Å². The number of hydrazine groups is 1. The van der Waals surface area contributed by atoms with Crippen LogP contribution in [0.15, 0.2) is 54.9 Å². The number of carbonyl (C=O) groups excluding carboxylic acids is 5. The number of benzene rings is 2. The number of aryl methyl sites for hydroxylation is 1. The second-order valence-electron chi connectivity index (χ2n) is 18.6. The van der Waals surface area contributed by atoms with Gasteiger partial charge in [-0.2, -0.15) is 0 Å². The molecular formula is C49H66N8O7. The molecule has 0 spiro atoms. The van der Waals surface area contributed by atoms with Gasteiger partial charge in [-0.3, -0.25) is 34.0 Å². The average Bonchev–Trinajstić information content (AvgIpc) is 3.57. The number of ether oxygens (including phenoxy) is 1. The van der Waals surface area contributed by atoms with Crippen molar-refractivity contribution in [3.05, 3.63) is 71.5 Å². The molecule has 15 heteroatoms. The van der Waals surface area contributed by atoms with E-state index in [1.165, 1.54) is 9.91 Å². The highest BCUT2D eigenvalue weighted by Crippen LogP contribution is 2.40. The zero-order chi connectivity index (χ0) is 46.6. The van der Waals surface area contributed by atoms with E-state index in [0.29, 0.717) is 42.5 Å². The Morgan fingerprint density at radius 1 is 1.00 bits per heavy atom. The van der Waals surface area contributed by atoms with Crippen LogP contribution < -0.4 is 16.1 Å². The number of rotatable bonds is 11. The van der Waals surface area contributed by atoms with Crippen LogP contribution in [0.25, 0.3) is 33.3 Å². The van der Waals surface area contributed by atoms with E-state index in [1.807, 2.05) is 66.8 Å². The van der Waals surface area contributed by atoms with Gasteiger partial charge in [0, 0.05) is 73.9 Å². The maximum Gasteiger partial charge on any atom is 0.324 e. The Labute approximate surface area is 376 Å². The molecule has 15 nitrogen and oxygen atoms in total. The predicted molar refractivity (Wildman–Crippen MR) is 247 cm³/mol. The van der Waals surface area contributed by atoms with Gasteiger partial charge in [0.15, 0.2) is 0 Å². The van der Waals surface area contributed by atoms with E-state index in [4.69, 9.17) is 4.74 Å². The summed E-state index contributed by atoms with van der Waals surface area (Å²) in [4.78, 5) is 77.0. The summed E-state index contributed by atoms with van der Waals surface area (Å²) in [5, 5.41) is 19.4. The molecule has 0 aliphatic carbocycles. The largest absolute Gasteiger partial charge is 0.508 e. The fraction of sp³-hybridized carbons (Fsp3) is 0.510. The Hall–Kier alpha value is -5.80. The number of phenolic OH excluding ortho intramolecular Hbond substituents is 1. The molecule has 2 aliphatic heterocycles. The number of fused-ring (bicyclic) bond motifs is 6. The van der Waals surface area contributed by atoms with Crippen LogP contribution >= 0.6 is 0 Å². The van der Waals surface area contributed by atoms with Crippen LogP contribution in [0.4, 0.5) is 0 Å². The molecule has 0 saturated carbocycles. The fourth-order valence-electron chi connectivity index (χ4n) is 9.01. The Bertz CT molecular complexity index is 2390. The molecule has 2 aromatic carbocycles. The SMILES string of the molecule is CCC(C)N(C)C(=O)c1cncc(-c2c3c4cc(ccc4n2CC)-c2cc(O)cc(c2)C[C@H](NC(=O)[C@H](C(C)C)N(C)C(=O)CNC)C(=O)N2CCC[C@H](N2)C(=O)OCC(C)(C)C3)c1. The second kappa shape index (κ2) is 19.9. The van der Waals surface area contributed by atoms with Crippen LogP contribution in [0.3, 0.4) is 0 Å². The van der Waals surface area contributed by atoms with Gasteiger partial charge in [-0.15, -0.1) is 0 Å². The van der Waals surface area contributed by atoms with Crippen molar-refractivity contribution in [1.82, 2.24) is 40.4 Å². The van der Waals surface area contributed by atoms with Gasteiger partial charge in [0.1, 0.15) is 23.9 Å². The number of aromatic hydroxyl groups is 1. The molecule has 1 unspecified atom stereocenters. The van der Waals surface area contributed by atoms with E-state index in [2.05, 4.69) is 44.7 Å². The highest BCUT2D eigenvalue weighted by molar-refractivity contribution is 5.98. The zero-order valence-corrected chi connectivity index (χ0v) is 39.1. The van der Waals surface area contributed by atoms with Gasteiger partial charge in [0.2, 0.25) is 11.8 Å². The van der Waals surface area contributed by atoms with Crippen molar-refractivity contribution >= 4 is 40.5 Å². The van der Waals surface area contributed by atoms with Gasteiger partial charge < -0.3 is 34.8 Å². The highest BCUT2D eigenvalue weighted by Gasteiger charge is 2.37. The Balaban J connectivity index is 1.50. The summed E-state index contributed by atoms with van der Waals surface area (Å²) in [6.07, 6.45) is 5.66. The fourth-order valence-corrected chi connectivity index (χ4v) is 9.01. The number of aromatic nitrogens is 2. The zero-order valence-electron chi connectivity index (χ0n) is 39.1. The van der Waals surface area contributed by atoms with Crippen LogP contribution in [-0.2, 0) is 43.3 Å². The van der Waals surface area contributed by atoms with E-state index < -0.39 is 41.3 Å². The third-order valence-electron chi connectivity index (χ3n) is 12.7. The van der Waals surface area contributed by atoms with Crippen molar-refractivity contribution in [1.29, 1.82) is 0 Å². The number of hydrogen-bond donors (Lipinski definition) is 4. The molecule has 6 rings (SSSR count). The van der Waals surface area contributed by atoms with Gasteiger partial charge in [0.25, 0.3) is 11.8 Å². The van der Waals surface area contributed by atoms with Crippen LogP contribution in [0.5, 0.6) is 5.75 Å². The Kier molecular flexibility index (Phi) is 14.8. The molecule has 344 valence electrons. The lowest BCUT2D eigenvalue weighted by Crippen LogP contribution is -2.62. The van der Waals surface area contributed by atoms with Crippen LogP contribution in [0, 0.1) is 11.3 Å². The lowest BCUT2D eigenvalue weighted by molar-refractivity contribution is -0.155. The minimum absolute atomic E-state index is 0.00455. The minimum Gasteiger partial charge on any atom is -0.508 e. The number of phenols is 1. The summed E-state index contributed by atoms with van der Waals surface area (Å²) in [7, 11) is 5.04. The number of hydrogen-bond acceptors (Lipinski definition) is 10. The lowest BCUT2D eigenvalue weighted by atomic mass is 9.84. The quantitative estimate of drug-likeness (QED) is 0.144. The summed E-state index contributed by atoms with van der Waals surface area (Å²) in [6, 6.07) is 10.5. The molecule has 4 aromatic rings. The number of cyclic esters (lactones) is 1. The van der Waals surface area contributed by atoms with E-state index in [0.717, 1.165) is 39.7 Å². The first kappa shape index (κ1) is 47.7. The standard InChI is InChI=1S/C49H66N8O7/c1-11-30(5)54(9)46(61)35-21-34(25-51-26-35)44-38-24-49(6,7)28-64-48(63)39-14-13-17-57(53-39)47(62)40(52-45(60)43(29(3)4)55(10)42(59)27-50-8)20-31-18-33(22-36(58)19-31)32-15-16-41(37(38)23-32)56(44)12-2/h15-16,18-19,21-23,25-26,29-30,39-40,43,50,53,58H,11-14,17,20,24,27-28H2,1-10H3,(H,52,60)/t30?,39-,40-,43-/m0/s1. The van der Waals surface area contributed by atoms with Gasteiger partial charge in [-0.05, 0) is 105 Å². The molecule has 6 bridgehead atoms. The van der Waals surface area contributed by atoms with Crippen molar-refractivity contribution < 1.29 is 33.8 Å². The highest BCUT2D eigenvalue weighted by atomic mass is 16.5. The molecular weight excluding hydrogens is 813 g/mol. The Morgan fingerprint density at radius 3 is 2.44 bits per heavy atom. The van der Waals surface area contributed by atoms with Crippen LogP contribution in [0.1, 0.15) is 89.2 Å². The summed E-state index contributed by atoms with van der Waals surface area (Å²) >= 11 is 0. The number of carbonyl (C=O) groups is 5. The van der Waals surface area contributed by atoms with Gasteiger partial charge in [-0.1, -0.05) is 46.8 Å². The van der Waals surface area contributed by atoms with Crippen molar-refractivity contribution in [3.8, 4) is 28.1 Å². The average molecular weight is 879 g/mol. The third-order valence-corrected chi connectivity index (χ3v) is 12.7. The summed E-state index contributed by atoms with van der Waals surface area (Å²) in [5.41, 5.74) is 8.77. The first-order chi connectivity index (χ1) is 30.4. The number of likely N-dealkylation sites (N-methyl/N-ethyl adjacent to an activating group) is 2. The first-order valence-corrected chi connectivity index (χ1v) is 22.5. The number of nitrogens with zero attached hydrogens (tertiary/aromatic N) is 5. The molecule has 1 fully saturated rings.